The van der Waals surface area contributed by atoms with Gasteiger partial charge in [-0.2, -0.15) is 0 Å². The van der Waals surface area contributed by atoms with Crippen molar-refractivity contribution >= 4 is 11.6 Å². The van der Waals surface area contributed by atoms with E-state index in [2.05, 4.69) is 0 Å². The first kappa shape index (κ1) is 11.4. The van der Waals surface area contributed by atoms with E-state index >= 15 is 0 Å². The number of carbonyl (C=O) groups is 2. The van der Waals surface area contributed by atoms with Gasteiger partial charge in [0, 0.05) is 6.92 Å². The summed E-state index contributed by atoms with van der Waals surface area (Å²) in [6, 6.07) is 5.57. The van der Waals surface area contributed by atoms with Crippen LogP contribution in [0.2, 0.25) is 0 Å². The SMILES string of the molecule is CC(=O)C(=O)[C@@H](N)Cc1ccc(O)cc1. The van der Waals surface area contributed by atoms with Crippen molar-refractivity contribution in [2.75, 3.05) is 0 Å². The van der Waals surface area contributed by atoms with Gasteiger partial charge in [-0.3, -0.25) is 9.59 Å². The smallest absolute Gasteiger partial charge is 0.215 e. The molecule has 0 aliphatic heterocycles. The number of Topliss-reactive ketones (excluding diaryl/α,β-unsaturated/α-hetero) is 2. The van der Waals surface area contributed by atoms with E-state index in [9.17, 15) is 9.59 Å². The molecular weight excluding hydrogens is 194 g/mol. The third kappa shape index (κ3) is 3.18. The van der Waals surface area contributed by atoms with Gasteiger partial charge in [0.2, 0.25) is 5.78 Å². The first-order valence-electron chi connectivity index (χ1n) is 4.59. The highest BCUT2D eigenvalue weighted by molar-refractivity contribution is 6.38. The lowest BCUT2D eigenvalue weighted by molar-refractivity contribution is -0.136. The Hall–Kier alpha value is -1.68. The Labute approximate surface area is 87.7 Å². The molecule has 1 atom stereocenters. The largest absolute Gasteiger partial charge is 0.508 e. The number of aromatic hydroxyl groups is 1. The summed E-state index contributed by atoms with van der Waals surface area (Å²) in [5.74, 6) is -0.936. The molecule has 1 rings (SSSR count). The molecule has 1 aromatic carbocycles. The maximum atomic E-state index is 11.2. The Balaban J connectivity index is 2.66. The van der Waals surface area contributed by atoms with E-state index in [1.165, 1.54) is 19.1 Å². The van der Waals surface area contributed by atoms with E-state index in [0.717, 1.165) is 5.56 Å². The Bertz CT molecular complexity index is 370. The number of nitrogens with two attached hydrogens (primary N) is 1. The monoisotopic (exact) mass is 207 g/mol. The number of hydrogen-bond donors (Lipinski definition) is 2. The van der Waals surface area contributed by atoms with Crippen molar-refractivity contribution < 1.29 is 14.7 Å². The summed E-state index contributed by atoms with van der Waals surface area (Å²) in [5.41, 5.74) is 6.37. The van der Waals surface area contributed by atoms with Crippen molar-refractivity contribution in [3.05, 3.63) is 29.8 Å². The molecule has 0 heterocycles. The summed E-state index contributed by atoms with van der Waals surface area (Å²) >= 11 is 0. The number of phenols is 1. The van der Waals surface area contributed by atoms with Gasteiger partial charge in [-0.25, -0.2) is 0 Å². The minimum absolute atomic E-state index is 0.158. The van der Waals surface area contributed by atoms with Crippen LogP contribution in [0.4, 0.5) is 0 Å². The van der Waals surface area contributed by atoms with Crippen LogP contribution in [0.5, 0.6) is 5.75 Å². The van der Waals surface area contributed by atoms with Crippen molar-refractivity contribution in [3.63, 3.8) is 0 Å². The molecule has 4 nitrogen and oxygen atoms in total. The summed E-state index contributed by atoms with van der Waals surface area (Å²) in [6.45, 7) is 1.21. The molecule has 0 radical (unpaired) electrons. The fraction of sp³-hybridized carbons (Fsp3) is 0.273. The van der Waals surface area contributed by atoms with E-state index in [1.807, 2.05) is 0 Å². The van der Waals surface area contributed by atoms with Gasteiger partial charge >= 0.3 is 0 Å². The molecule has 0 amide bonds. The van der Waals surface area contributed by atoms with Crippen LogP contribution in [0.1, 0.15) is 12.5 Å². The van der Waals surface area contributed by atoms with Crippen molar-refractivity contribution in [1.82, 2.24) is 0 Å². The Morgan fingerprint density at radius 2 is 1.87 bits per heavy atom. The molecule has 0 saturated heterocycles. The fourth-order valence-corrected chi connectivity index (χ4v) is 1.24. The normalized spacial score (nSPS) is 12.1. The molecule has 3 N–H and O–H groups in total. The Kier molecular flexibility index (Phi) is 3.57. The predicted molar refractivity (Wildman–Crippen MR) is 55.5 cm³/mol. The minimum Gasteiger partial charge on any atom is -0.508 e. The molecule has 0 aromatic heterocycles. The van der Waals surface area contributed by atoms with Crippen LogP contribution in [0.25, 0.3) is 0 Å². The van der Waals surface area contributed by atoms with Crippen LogP contribution >= 0.6 is 0 Å². The average Bonchev–Trinajstić information content (AvgIpc) is 2.20. The third-order valence-corrected chi connectivity index (χ3v) is 2.08. The maximum absolute atomic E-state index is 11.2. The second kappa shape index (κ2) is 4.70. The summed E-state index contributed by atoms with van der Waals surface area (Å²) in [7, 11) is 0. The molecule has 0 aliphatic rings. The van der Waals surface area contributed by atoms with Gasteiger partial charge < -0.3 is 10.8 Å². The molecule has 0 aliphatic carbocycles. The molecule has 0 saturated carbocycles. The zero-order chi connectivity index (χ0) is 11.4. The second-order valence-electron chi connectivity index (χ2n) is 3.40. The van der Waals surface area contributed by atoms with Gasteiger partial charge in [0.05, 0.1) is 6.04 Å². The molecule has 15 heavy (non-hydrogen) atoms. The number of carbonyl (C=O) groups excluding carboxylic acids is 2. The molecule has 0 fully saturated rings. The zero-order valence-corrected chi connectivity index (χ0v) is 8.43. The quantitative estimate of drug-likeness (QED) is 0.701. The topological polar surface area (TPSA) is 80.4 Å². The van der Waals surface area contributed by atoms with E-state index in [0.29, 0.717) is 6.42 Å². The highest BCUT2D eigenvalue weighted by Crippen LogP contribution is 2.11. The highest BCUT2D eigenvalue weighted by atomic mass is 16.3. The zero-order valence-electron chi connectivity index (χ0n) is 8.43. The fourth-order valence-electron chi connectivity index (χ4n) is 1.24. The van der Waals surface area contributed by atoms with E-state index in [4.69, 9.17) is 10.8 Å². The van der Waals surface area contributed by atoms with Gasteiger partial charge in [0.25, 0.3) is 0 Å². The van der Waals surface area contributed by atoms with Gasteiger partial charge in [-0.1, -0.05) is 12.1 Å². The molecule has 0 spiro atoms. The van der Waals surface area contributed by atoms with Crippen LogP contribution in [0, 0.1) is 0 Å². The summed E-state index contributed by atoms with van der Waals surface area (Å²) in [4.78, 5) is 22.0. The van der Waals surface area contributed by atoms with Crippen molar-refractivity contribution in [2.45, 2.75) is 19.4 Å². The van der Waals surface area contributed by atoms with Crippen LogP contribution in [-0.2, 0) is 16.0 Å². The first-order chi connectivity index (χ1) is 7.00. The van der Waals surface area contributed by atoms with Crippen LogP contribution in [0.15, 0.2) is 24.3 Å². The van der Waals surface area contributed by atoms with Gasteiger partial charge in [0.1, 0.15) is 5.75 Å². The van der Waals surface area contributed by atoms with Crippen LogP contribution in [0.3, 0.4) is 0 Å². The van der Waals surface area contributed by atoms with Crippen LogP contribution in [-0.4, -0.2) is 22.7 Å². The minimum atomic E-state index is -0.799. The van der Waals surface area contributed by atoms with Crippen molar-refractivity contribution in [2.24, 2.45) is 5.73 Å². The van der Waals surface area contributed by atoms with Gasteiger partial charge in [-0.15, -0.1) is 0 Å². The van der Waals surface area contributed by atoms with E-state index < -0.39 is 17.6 Å². The van der Waals surface area contributed by atoms with E-state index in [1.54, 1.807) is 12.1 Å². The van der Waals surface area contributed by atoms with Crippen molar-refractivity contribution in [3.8, 4) is 5.75 Å². The highest BCUT2D eigenvalue weighted by Gasteiger charge is 2.17. The van der Waals surface area contributed by atoms with Crippen molar-refractivity contribution in [1.29, 1.82) is 0 Å². The standard InChI is InChI=1S/C11H13NO3/c1-7(13)11(15)10(12)6-8-2-4-9(14)5-3-8/h2-5,10,14H,6,12H2,1H3/t10-/m0/s1. The summed E-state index contributed by atoms with van der Waals surface area (Å²) in [5, 5.41) is 9.04. The Morgan fingerprint density at radius 3 is 2.33 bits per heavy atom. The first-order valence-corrected chi connectivity index (χ1v) is 4.59. The van der Waals surface area contributed by atoms with Gasteiger partial charge in [0.15, 0.2) is 5.78 Å². The molecular formula is C11H13NO3. The van der Waals surface area contributed by atoms with E-state index in [-0.39, 0.29) is 5.75 Å². The summed E-state index contributed by atoms with van der Waals surface area (Å²) in [6.07, 6.45) is 0.304. The number of phenolic OH excluding ortho intramolecular Hbond substituents is 1. The Morgan fingerprint density at radius 1 is 1.33 bits per heavy atom. The maximum Gasteiger partial charge on any atom is 0.215 e. The van der Waals surface area contributed by atoms with Gasteiger partial charge in [-0.05, 0) is 24.1 Å². The lowest BCUT2D eigenvalue weighted by Crippen LogP contribution is -2.36. The number of ketones is 2. The second-order valence-corrected chi connectivity index (χ2v) is 3.40. The molecule has 4 heteroatoms. The number of benzene rings is 1. The molecule has 1 aromatic rings. The lowest BCUT2D eigenvalue weighted by atomic mass is 10.0. The van der Waals surface area contributed by atoms with Crippen LogP contribution < -0.4 is 5.73 Å². The molecule has 0 unspecified atom stereocenters. The lowest BCUT2D eigenvalue weighted by Gasteiger charge is -2.08. The number of hydrogen-bond acceptors (Lipinski definition) is 4. The molecule has 80 valence electrons. The predicted octanol–water partition coefficient (Wildman–Crippen LogP) is 0.420. The average molecular weight is 207 g/mol. The third-order valence-electron chi connectivity index (χ3n) is 2.08. The number of rotatable bonds is 4. The summed E-state index contributed by atoms with van der Waals surface area (Å²) < 4.78 is 0. The molecule has 0 bridgehead atoms.